The SMILES string of the molecule is O=c1c2ccccc2c(=O)c2c1ccc1[nH]c3c(ccc4c(=O)c5ccc(Cl)cc5c(=O)c43)[nH]c12. The average Bonchev–Trinajstić information content (AvgIpc) is 2.88. The van der Waals surface area contributed by atoms with Gasteiger partial charge in [0.1, 0.15) is 0 Å². The van der Waals surface area contributed by atoms with E-state index in [1.807, 2.05) is 0 Å². The third-order valence-electron chi connectivity index (χ3n) is 6.76. The van der Waals surface area contributed by atoms with Gasteiger partial charge in [0.05, 0.1) is 32.8 Å². The number of aromatic nitrogens is 2. The van der Waals surface area contributed by atoms with Crippen molar-refractivity contribution in [2.24, 2.45) is 0 Å². The number of rotatable bonds is 0. The standard InChI is InChI=1S/C28H13ClN2O4/c29-12-5-6-15-18(11-12)28(35)22-17(26(15)33)8-10-20-24(22)31-19-9-7-16-21(23(19)30-20)27(34)14-4-2-1-3-13(14)25(16)32/h1-11,30-31H. The maximum Gasteiger partial charge on any atom is 0.196 e. The van der Waals surface area contributed by atoms with Crippen molar-refractivity contribution in [3.05, 3.63) is 113 Å². The molecule has 35 heavy (non-hydrogen) atoms. The zero-order chi connectivity index (χ0) is 24.0. The summed E-state index contributed by atoms with van der Waals surface area (Å²) in [6, 6.07) is 18.0. The van der Waals surface area contributed by atoms with E-state index in [0.29, 0.717) is 54.0 Å². The summed E-state index contributed by atoms with van der Waals surface area (Å²) < 4.78 is 0. The van der Waals surface area contributed by atoms with Crippen molar-refractivity contribution < 1.29 is 0 Å². The van der Waals surface area contributed by atoms with Gasteiger partial charge in [-0.3, -0.25) is 19.2 Å². The van der Waals surface area contributed by atoms with E-state index in [9.17, 15) is 19.2 Å². The van der Waals surface area contributed by atoms with Gasteiger partial charge in [-0.15, -0.1) is 0 Å². The normalized spacial score (nSPS) is 12.0. The maximum absolute atomic E-state index is 13.5. The summed E-state index contributed by atoms with van der Waals surface area (Å²) in [6.45, 7) is 0. The van der Waals surface area contributed by atoms with Crippen molar-refractivity contribution in [2.75, 3.05) is 0 Å². The van der Waals surface area contributed by atoms with E-state index in [-0.39, 0.29) is 37.9 Å². The molecule has 0 aliphatic rings. The lowest BCUT2D eigenvalue weighted by Gasteiger charge is -2.10. The van der Waals surface area contributed by atoms with Crippen LogP contribution in [-0.4, -0.2) is 9.97 Å². The summed E-state index contributed by atoms with van der Waals surface area (Å²) >= 11 is 6.10. The fourth-order valence-corrected chi connectivity index (χ4v) is 5.31. The predicted octanol–water partition coefficient (Wildman–Crippen LogP) is 4.79. The van der Waals surface area contributed by atoms with Crippen molar-refractivity contribution in [3.63, 3.8) is 0 Å². The van der Waals surface area contributed by atoms with Gasteiger partial charge < -0.3 is 9.97 Å². The molecular formula is C28H13ClN2O4. The number of hydrogen-bond acceptors (Lipinski definition) is 4. The number of nitrogens with one attached hydrogen (secondary N) is 2. The smallest absolute Gasteiger partial charge is 0.196 e. The molecular weight excluding hydrogens is 464 g/mol. The van der Waals surface area contributed by atoms with Crippen molar-refractivity contribution in [1.82, 2.24) is 9.97 Å². The number of halogens is 1. The van der Waals surface area contributed by atoms with Gasteiger partial charge in [0.2, 0.25) is 0 Å². The topological polar surface area (TPSA) is 99.9 Å². The van der Waals surface area contributed by atoms with E-state index in [4.69, 9.17) is 11.6 Å². The Morgan fingerprint density at radius 1 is 0.486 bits per heavy atom. The summed E-state index contributed by atoms with van der Waals surface area (Å²) in [4.78, 5) is 59.6. The summed E-state index contributed by atoms with van der Waals surface area (Å²) in [5.41, 5.74) is 0.907. The molecule has 0 aliphatic carbocycles. The molecule has 6 aromatic carbocycles. The molecule has 2 N–H and O–H groups in total. The zero-order valence-corrected chi connectivity index (χ0v) is 18.6. The molecule has 166 valence electrons. The molecule has 0 spiro atoms. The van der Waals surface area contributed by atoms with E-state index in [1.54, 1.807) is 60.7 Å². The van der Waals surface area contributed by atoms with Crippen LogP contribution in [-0.2, 0) is 0 Å². The van der Waals surface area contributed by atoms with Crippen LogP contribution in [0.2, 0.25) is 5.02 Å². The van der Waals surface area contributed by atoms with Gasteiger partial charge in [-0.1, -0.05) is 35.9 Å². The summed E-state index contributed by atoms with van der Waals surface area (Å²) in [5, 5.41) is 2.79. The molecule has 1 aromatic heterocycles. The Bertz CT molecular complexity index is 2320. The first-order chi connectivity index (χ1) is 16.9. The molecule has 0 saturated carbocycles. The molecule has 7 heteroatoms. The van der Waals surface area contributed by atoms with E-state index in [2.05, 4.69) is 9.97 Å². The molecule has 0 saturated heterocycles. The highest BCUT2D eigenvalue weighted by Gasteiger charge is 2.17. The number of hydrogen-bond donors (Lipinski definition) is 2. The Balaban J connectivity index is 1.71. The number of aromatic amines is 2. The van der Waals surface area contributed by atoms with Gasteiger partial charge >= 0.3 is 0 Å². The van der Waals surface area contributed by atoms with Crippen LogP contribution in [0.1, 0.15) is 0 Å². The minimum absolute atomic E-state index is 0.217. The van der Waals surface area contributed by atoms with Crippen molar-refractivity contribution >= 4 is 76.8 Å². The lowest BCUT2D eigenvalue weighted by Crippen LogP contribution is -2.15. The molecule has 1 heterocycles. The van der Waals surface area contributed by atoms with Crippen molar-refractivity contribution in [3.8, 4) is 0 Å². The molecule has 0 fully saturated rings. The number of benzene rings is 6. The molecule has 0 radical (unpaired) electrons. The number of H-pyrrole nitrogens is 2. The summed E-state index contributed by atoms with van der Waals surface area (Å²) in [5.74, 6) is 0. The fourth-order valence-electron chi connectivity index (χ4n) is 5.13. The molecule has 0 aliphatic heterocycles. The van der Waals surface area contributed by atoms with Crippen LogP contribution in [0.15, 0.2) is 85.9 Å². The van der Waals surface area contributed by atoms with Gasteiger partial charge in [0.15, 0.2) is 21.7 Å². The van der Waals surface area contributed by atoms with Crippen LogP contribution >= 0.6 is 11.6 Å². The van der Waals surface area contributed by atoms with E-state index < -0.39 is 0 Å². The van der Waals surface area contributed by atoms with E-state index >= 15 is 0 Å². The first-order valence-corrected chi connectivity index (χ1v) is 11.3. The molecule has 0 amide bonds. The van der Waals surface area contributed by atoms with Gasteiger partial charge in [-0.2, -0.15) is 0 Å². The predicted molar refractivity (Wildman–Crippen MR) is 141 cm³/mol. The number of fused-ring (bicyclic) bond motifs is 8. The Morgan fingerprint density at radius 3 is 1.51 bits per heavy atom. The van der Waals surface area contributed by atoms with Crippen molar-refractivity contribution in [1.29, 1.82) is 0 Å². The lowest BCUT2D eigenvalue weighted by atomic mass is 9.99. The quantitative estimate of drug-likeness (QED) is 0.243. The summed E-state index contributed by atoms with van der Waals surface area (Å²) in [6.07, 6.45) is 0. The average molecular weight is 477 g/mol. The van der Waals surface area contributed by atoms with Crippen molar-refractivity contribution in [2.45, 2.75) is 0 Å². The van der Waals surface area contributed by atoms with Crippen LogP contribution in [0.3, 0.4) is 0 Å². The zero-order valence-electron chi connectivity index (χ0n) is 17.9. The third-order valence-corrected chi connectivity index (χ3v) is 7.00. The van der Waals surface area contributed by atoms with Crippen LogP contribution < -0.4 is 21.7 Å². The first kappa shape index (κ1) is 19.9. The highest BCUT2D eigenvalue weighted by Crippen LogP contribution is 2.27. The Kier molecular flexibility index (Phi) is 3.83. The minimum atomic E-state index is -0.315. The molecule has 7 aromatic rings. The summed E-state index contributed by atoms with van der Waals surface area (Å²) in [7, 11) is 0. The van der Waals surface area contributed by atoms with Gasteiger partial charge in [0.25, 0.3) is 0 Å². The molecule has 0 unspecified atom stereocenters. The second-order valence-corrected chi connectivity index (χ2v) is 9.06. The second kappa shape index (κ2) is 6.74. The van der Waals surface area contributed by atoms with Crippen LogP contribution in [0.4, 0.5) is 0 Å². The molecule has 6 nitrogen and oxygen atoms in total. The van der Waals surface area contributed by atoms with Crippen LogP contribution in [0.5, 0.6) is 0 Å². The minimum Gasteiger partial charge on any atom is -0.351 e. The van der Waals surface area contributed by atoms with E-state index in [1.165, 1.54) is 6.07 Å². The Morgan fingerprint density at radius 2 is 0.943 bits per heavy atom. The first-order valence-electron chi connectivity index (χ1n) is 10.9. The fraction of sp³-hybridized carbons (Fsp3) is 0. The Hall–Kier alpha value is -4.55. The van der Waals surface area contributed by atoms with Crippen LogP contribution in [0, 0.1) is 0 Å². The van der Waals surface area contributed by atoms with Gasteiger partial charge in [-0.25, -0.2) is 0 Å². The van der Waals surface area contributed by atoms with Gasteiger partial charge in [0, 0.05) is 37.3 Å². The molecule has 0 bridgehead atoms. The van der Waals surface area contributed by atoms with E-state index in [0.717, 1.165) is 0 Å². The molecule has 7 rings (SSSR count). The Labute approximate surface area is 199 Å². The highest BCUT2D eigenvalue weighted by atomic mass is 35.5. The lowest BCUT2D eigenvalue weighted by molar-refractivity contribution is 1.41. The third kappa shape index (κ3) is 2.54. The second-order valence-electron chi connectivity index (χ2n) is 8.62. The molecule has 0 atom stereocenters. The monoisotopic (exact) mass is 476 g/mol. The van der Waals surface area contributed by atoms with Gasteiger partial charge in [-0.05, 0) is 42.5 Å². The highest BCUT2D eigenvalue weighted by molar-refractivity contribution is 6.31. The van der Waals surface area contributed by atoms with Crippen LogP contribution in [0.25, 0.3) is 65.2 Å². The largest absolute Gasteiger partial charge is 0.351 e. The maximum atomic E-state index is 13.5.